The highest BCUT2D eigenvalue weighted by Crippen LogP contribution is 2.38. The minimum atomic E-state index is -4.26. The molecule has 0 aliphatic heterocycles. The Bertz CT molecular complexity index is 597. The predicted octanol–water partition coefficient (Wildman–Crippen LogP) is 6.40. The number of hydrogen-bond donors (Lipinski definition) is 0. The van der Waals surface area contributed by atoms with Crippen molar-refractivity contribution in [1.82, 2.24) is 0 Å². The van der Waals surface area contributed by atoms with Crippen LogP contribution in [0.2, 0.25) is 0 Å². The Labute approximate surface area is 141 Å². The Hall–Kier alpha value is -2.02. The Balaban J connectivity index is 1.77. The molecule has 1 saturated carbocycles. The molecule has 1 aliphatic rings. The molecule has 0 N–H and O–H groups in total. The van der Waals surface area contributed by atoms with E-state index in [1.807, 2.05) is 12.1 Å². The van der Waals surface area contributed by atoms with E-state index < -0.39 is 11.7 Å². The number of allylic oxidation sites excluding steroid dienone is 4. The standard InChI is InChI=1S/C20H22F3N/c21-20(22,23)19-13-11-18(12-14-19)17-9-7-16(8-10-17)6-4-2-1-3-5-15-24/h1-3,5,11-14,16-17H,4,6-10H2/b2-1+,5-3+/t16-,17-. The summed E-state index contributed by atoms with van der Waals surface area (Å²) < 4.78 is 37.8. The van der Waals surface area contributed by atoms with Gasteiger partial charge in [0.25, 0.3) is 0 Å². The average Bonchev–Trinajstić information content (AvgIpc) is 2.58. The summed E-state index contributed by atoms with van der Waals surface area (Å²) in [5.74, 6) is 1.08. The third kappa shape index (κ3) is 5.56. The van der Waals surface area contributed by atoms with Crippen LogP contribution in [-0.4, -0.2) is 0 Å². The minimum Gasteiger partial charge on any atom is -0.193 e. The number of alkyl halides is 3. The van der Waals surface area contributed by atoms with Crippen molar-refractivity contribution in [2.75, 3.05) is 0 Å². The van der Waals surface area contributed by atoms with Gasteiger partial charge in [-0.05, 0) is 68.1 Å². The summed E-state index contributed by atoms with van der Waals surface area (Å²) >= 11 is 0. The first-order valence-electron chi connectivity index (χ1n) is 8.39. The number of nitrogens with zero attached hydrogens (tertiary/aromatic N) is 1. The van der Waals surface area contributed by atoms with Crippen LogP contribution in [0.5, 0.6) is 0 Å². The summed E-state index contributed by atoms with van der Waals surface area (Å²) in [6.07, 6.45) is 9.41. The van der Waals surface area contributed by atoms with Crippen LogP contribution in [0, 0.1) is 17.2 Å². The zero-order valence-corrected chi connectivity index (χ0v) is 13.6. The van der Waals surface area contributed by atoms with Gasteiger partial charge in [0.15, 0.2) is 0 Å². The molecule has 0 radical (unpaired) electrons. The van der Waals surface area contributed by atoms with E-state index in [0.717, 1.165) is 44.1 Å². The maximum absolute atomic E-state index is 12.6. The summed E-state index contributed by atoms with van der Waals surface area (Å²) in [5.41, 5.74) is 0.458. The van der Waals surface area contributed by atoms with Gasteiger partial charge in [-0.1, -0.05) is 30.4 Å². The van der Waals surface area contributed by atoms with Crippen LogP contribution < -0.4 is 0 Å². The first kappa shape index (κ1) is 18.3. The van der Waals surface area contributed by atoms with Gasteiger partial charge < -0.3 is 0 Å². The first-order valence-corrected chi connectivity index (χ1v) is 8.39. The normalized spacial score (nSPS) is 22.1. The second-order valence-electron chi connectivity index (χ2n) is 6.33. The number of rotatable bonds is 5. The first-order chi connectivity index (χ1) is 11.5. The Morgan fingerprint density at radius 1 is 1.04 bits per heavy atom. The lowest BCUT2D eigenvalue weighted by atomic mass is 9.77. The third-order valence-electron chi connectivity index (χ3n) is 4.72. The van der Waals surface area contributed by atoms with Crippen molar-refractivity contribution < 1.29 is 13.2 Å². The van der Waals surface area contributed by atoms with Gasteiger partial charge in [-0.3, -0.25) is 0 Å². The van der Waals surface area contributed by atoms with Gasteiger partial charge in [-0.25, -0.2) is 0 Å². The molecule has 0 bridgehead atoms. The molecule has 0 atom stereocenters. The van der Waals surface area contributed by atoms with Crippen LogP contribution in [0.15, 0.2) is 48.6 Å². The molecule has 1 aromatic carbocycles. The lowest BCUT2D eigenvalue weighted by Gasteiger charge is -2.28. The highest BCUT2D eigenvalue weighted by atomic mass is 19.4. The third-order valence-corrected chi connectivity index (χ3v) is 4.72. The second-order valence-corrected chi connectivity index (χ2v) is 6.33. The average molecular weight is 333 g/mol. The molecule has 0 unspecified atom stereocenters. The van der Waals surface area contributed by atoms with Gasteiger partial charge >= 0.3 is 6.18 Å². The number of benzene rings is 1. The fraction of sp³-hybridized carbons (Fsp3) is 0.450. The predicted molar refractivity (Wildman–Crippen MR) is 89.3 cm³/mol. The molecule has 24 heavy (non-hydrogen) atoms. The van der Waals surface area contributed by atoms with Crippen LogP contribution in [0.3, 0.4) is 0 Å². The van der Waals surface area contributed by atoms with Gasteiger partial charge in [0.2, 0.25) is 0 Å². The molecule has 1 aromatic rings. The van der Waals surface area contributed by atoms with Crippen molar-refractivity contribution in [3.8, 4) is 6.07 Å². The summed E-state index contributed by atoms with van der Waals surface area (Å²) in [4.78, 5) is 0. The summed E-state index contributed by atoms with van der Waals surface area (Å²) in [6.45, 7) is 0. The van der Waals surface area contributed by atoms with Crippen LogP contribution in [0.1, 0.15) is 55.6 Å². The van der Waals surface area contributed by atoms with E-state index in [0.29, 0.717) is 11.8 Å². The van der Waals surface area contributed by atoms with Gasteiger partial charge in [0, 0.05) is 6.08 Å². The number of nitriles is 1. The van der Waals surface area contributed by atoms with Crippen LogP contribution in [0.4, 0.5) is 13.2 Å². The Morgan fingerprint density at radius 3 is 2.29 bits per heavy atom. The molecule has 0 spiro atoms. The second kappa shape index (κ2) is 8.73. The van der Waals surface area contributed by atoms with Crippen molar-refractivity contribution in [1.29, 1.82) is 5.26 Å². The van der Waals surface area contributed by atoms with Crippen LogP contribution in [0.25, 0.3) is 0 Å². The van der Waals surface area contributed by atoms with Crippen molar-refractivity contribution in [3.05, 3.63) is 59.7 Å². The molecular formula is C20H22F3N. The molecule has 4 heteroatoms. The molecular weight excluding hydrogens is 311 g/mol. The Morgan fingerprint density at radius 2 is 1.71 bits per heavy atom. The quantitative estimate of drug-likeness (QED) is 0.452. The van der Waals surface area contributed by atoms with Crippen LogP contribution in [-0.2, 0) is 6.18 Å². The van der Waals surface area contributed by atoms with Gasteiger partial charge in [0.05, 0.1) is 11.6 Å². The largest absolute Gasteiger partial charge is 0.416 e. The fourth-order valence-corrected chi connectivity index (χ4v) is 3.33. The van der Waals surface area contributed by atoms with E-state index >= 15 is 0 Å². The minimum absolute atomic E-state index is 0.387. The lowest BCUT2D eigenvalue weighted by molar-refractivity contribution is -0.137. The van der Waals surface area contributed by atoms with Crippen molar-refractivity contribution in [2.45, 2.75) is 50.6 Å². The zero-order valence-electron chi connectivity index (χ0n) is 13.6. The summed E-state index contributed by atoms with van der Waals surface area (Å²) in [7, 11) is 0. The SMILES string of the molecule is N#C/C=C/C=C/CC[C@H]1CC[C@H](c2ccc(C(F)(F)F)cc2)CC1. The summed E-state index contributed by atoms with van der Waals surface area (Å²) in [6, 6.07) is 7.61. The van der Waals surface area contributed by atoms with Crippen molar-refractivity contribution in [2.24, 2.45) is 5.92 Å². The molecule has 0 aromatic heterocycles. The number of halogens is 3. The lowest BCUT2D eigenvalue weighted by Crippen LogP contribution is -2.13. The molecule has 1 fully saturated rings. The summed E-state index contributed by atoms with van der Waals surface area (Å²) in [5, 5.41) is 8.37. The van der Waals surface area contributed by atoms with Crippen LogP contribution >= 0.6 is 0 Å². The number of hydrogen-bond acceptors (Lipinski definition) is 1. The van der Waals surface area contributed by atoms with Crippen molar-refractivity contribution in [3.63, 3.8) is 0 Å². The van der Waals surface area contributed by atoms with E-state index in [2.05, 4.69) is 6.08 Å². The van der Waals surface area contributed by atoms with Gasteiger partial charge in [0.1, 0.15) is 0 Å². The maximum Gasteiger partial charge on any atom is 0.416 e. The zero-order chi connectivity index (χ0) is 17.4. The highest BCUT2D eigenvalue weighted by Gasteiger charge is 2.30. The van der Waals surface area contributed by atoms with E-state index in [4.69, 9.17) is 5.26 Å². The van der Waals surface area contributed by atoms with E-state index in [-0.39, 0.29) is 0 Å². The fourth-order valence-electron chi connectivity index (χ4n) is 3.33. The van der Waals surface area contributed by atoms with Gasteiger partial charge in [-0.2, -0.15) is 18.4 Å². The molecule has 1 aliphatic carbocycles. The highest BCUT2D eigenvalue weighted by molar-refractivity contribution is 5.27. The maximum atomic E-state index is 12.6. The van der Waals surface area contributed by atoms with E-state index in [9.17, 15) is 13.2 Å². The molecule has 0 amide bonds. The topological polar surface area (TPSA) is 23.8 Å². The Kier molecular flexibility index (Phi) is 6.66. The molecule has 128 valence electrons. The molecule has 0 heterocycles. The van der Waals surface area contributed by atoms with Gasteiger partial charge in [-0.15, -0.1) is 0 Å². The van der Waals surface area contributed by atoms with E-state index in [1.54, 1.807) is 18.2 Å². The molecule has 2 rings (SSSR count). The molecule has 0 saturated heterocycles. The monoisotopic (exact) mass is 333 g/mol. The van der Waals surface area contributed by atoms with E-state index in [1.165, 1.54) is 18.2 Å². The molecule has 1 nitrogen and oxygen atoms in total. The van der Waals surface area contributed by atoms with Crippen molar-refractivity contribution >= 4 is 0 Å². The smallest absolute Gasteiger partial charge is 0.193 e.